The highest BCUT2D eigenvalue weighted by Gasteiger charge is 2.20. The molecular weight excluding hydrogens is 248 g/mol. The topological polar surface area (TPSA) is 32.3 Å². The van der Waals surface area contributed by atoms with Crippen molar-refractivity contribution in [1.82, 2.24) is 4.90 Å². The normalized spacial score (nSPS) is 10.7. The van der Waals surface area contributed by atoms with E-state index in [1.54, 1.807) is 0 Å². The first-order valence-corrected chi connectivity index (χ1v) is 7.66. The van der Waals surface area contributed by atoms with Crippen molar-refractivity contribution < 1.29 is 4.79 Å². The molecule has 0 saturated carbocycles. The molecule has 1 aromatic carbocycles. The molecule has 0 aliphatic carbocycles. The molecular formula is C17H28N2O. The quantitative estimate of drug-likeness (QED) is 0.814. The maximum atomic E-state index is 12.8. The highest BCUT2D eigenvalue weighted by molar-refractivity contribution is 6.00. The molecule has 0 fully saturated rings. The molecule has 1 amide bonds. The van der Waals surface area contributed by atoms with Crippen molar-refractivity contribution in [2.75, 3.05) is 18.4 Å². The van der Waals surface area contributed by atoms with E-state index in [9.17, 15) is 4.79 Å². The third-order valence-corrected chi connectivity index (χ3v) is 3.32. The highest BCUT2D eigenvalue weighted by Crippen LogP contribution is 2.20. The fraction of sp³-hybridized carbons (Fsp3) is 0.588. The molecule has 1 aromatic rings. The second kappa shape index (κ2) is 7.93. The van der Waals surface area contributed by atoms with Gasteiger partial charge in [0.15, 0.2) is 0 Å². The van der Waals surface area contributed by atoms with Crippen LogP contribution in [0.1, 0.15) is 56.5 Å². The number of nitrogens with zero attached hydrogens (tertiary/aromatic N) is 1. The minimum atomic E-state index is 0.129. The van der Waals surface area contributed by atoms with Crippen molar-refractivity contribution in [1.29, 1.82) is 0 Å². The molecule has 20 heavy (non-hydrogen) atoms. The molecule has 112 valence electrons. The molecule has 0 aliphatic rings. The van der Waals surface area contributed by atoms with Crippen LogP contribution in [0.25, 0.3) is 0 Å². The summed E-state index contributed by atoms with van der Waals surface area (Å²) in [4.78, 5) is 14.7. The Hall–Kier alpha value is -1.51. The lowest BCUT2D eigenvalue weighted by molar-refractivity contribution is 0.0707. The molecule has 0 atom stereocenters. The van der Waals surface area contributed by atoms with Crippen molar-refractivity contribution in [2.45, 2.75) is 53.5 Å². The number of anilines is 1. The summed E-state index contributed by atoms with van der Waals surface area (Å²) in [6.45, 7) is 12.1. The van der Waals surface area contributed by atoms with Crippen molar-refractivity contribution in [2.24, 2.45) is 0 Å². The first-order chi connectivity index (χ1) is 9.51. The molecule has 0 aromatic heterocycles. The van der Waals surface area contributed by atoms with Crippen LogP contribution in [0.4, 0.5) is 5.69 Å². The molecule has 1 N–H and O–H groups in total. The van der Waals surface area contributed by atoms with Crippen LogP contribution in [0.15, 0.2) is 18.2 Å². The van der Waals surface area contributed by atoms with Crippen LogP contribution < -0.4 is 5.32 Å². The van der Waals surface area contributed by atoms with Gasteiger partial charge in [0.25, 0.3) is 5.91 Å². The molecule has 0 saturated heterocycles. The molecule has 0 heterocycles. The van der Waals surface area contributed by atoms with Gasteiger partial charge in [-0.15, -0.1) is 0 Å². The lowest BCUT2D eigenvalue weighted by Crippen LogP contribution is -2.37. The predicted molar refractivity (Wildman–Crippen MR) is 86.4 cm³/mol. The number of aryl methyl sites for hydroxylation is 1. The summed E-state index contributed by atoms with van der Waals surface area (Å²) in [5.74, 6) is 0.129. The number of carbonyl (C=O) groups is 1. The molecule has 1 rings (SSSR count). The van der Waals surface area contributed by atoms with Gasteiger partial charge in [-0.25, -0.2) is 0 Å². The smallest absolute Gasteiger partial charge is 0.256 e. The number of nitrogens with one attached hydrogen (secondary N) is 1. The fourth-order valence-corrected chi connectivity index (χ4v) is 2.24. The van der Waals surface area contributed by atoms with Crippen LogP contribution in [0, 0.1) is 6.92 Å². The zero-order valence-corrected chi connectivity index (χ0v) is 13.5. The zero-order valence-electron chi connectivity index (χ0n) is 13.5. The van der Waals surface area contributed by atoms with E-state index in [-0.39, 0.29) is 11.9 Å². The zero-order chi connectivity index (χ0) is 15.1. The van der Waals surface area contributed by atoms with Crippen LogP contribution >= 0.6 is 0 Å². The third-order valence-electron chi connectivity index (χ3n) is 3.32. The number of carbonyl (C=O) groups excluding carboxylic acids is 1. The predicted octanol–water partition coefficient (Wildman–Crippen LogP) is 4.08. The maximum Gasteiger partial charge on any atom is 0.256 e. The van der Waals surface area contributed by atoms with E-state index in [1.807, 2.05) is 30.0 Å². The van der Waals surface area contributed by atoms with Crippen LogP contribution in [0.5, 0.6) is 0 Å². The van der Waals surface area contributed by atoms with E-state index < -0.39 is 0 Å². The van der Waals surface area contributed by atoms with Gasteiger partial charge in [-0.2, -0.15) is 0 Å². The second-order valence-corrected chi connectivity index (χ2v) is 5.57. The molecule has 0 aliphatic heterocycles. The van der Waals surface area contributed by atoms with Gasteiger partial charge in [-0.05, 0) is 45.7 Å². The van der Waals surface area contributed by atoms with Crippen LogP contribution in [-0.4, -0.2) is 29.9 Å². The summed E-state index contributed by atoms with van der Waals surface area (Å²) in [7, 11) is 0. The summed E-state index contributed by atoms with van der Waals surface area (Å²) in [6.07, 6.45) is 2.03. The molecule has 0 radical (unpaired) electrons. The van der Waals surface area contributed by atoms with Crippen molar-refractivity contribution in [3.8, 4) is 0 Å². The van der Waals surface area contributed by atoms with Crippen molar-refractivity contribution in [3.05, 3.63) is 29.3 Å². The highest BCUT2D eigenvalue weighted by atomic mass is 16.2. The lowest BCUT2D eigenvalue weighted by atomic mass is 10.1. The second-order valence-electron chi connectivity index (χ2n) is 5.57. The monoisotopic (exact) mass is 276 g/mol. The SMILES string of the molecule is CCCNc1ccc(C)cc1C(=O)N(CCC)C(C)C. The molecule has 0 bridgehead atoms. The maximum absolute atomic E-state index is 12.8. The molecule has 3 nitrogen and oxygen atoms in total. The number of rotatable bonds is 7. The Bertz CT molecular complexity index is 441. The van der Waals surface area contributed by atoms with Crippen molar-refractivity contribution in [3.63, 3.8) is 0 Å². The van der Waals surface area contributed by atoms with Gasteiger partial charge in [0.1, 0.15) is 0 Å². The Labute approximate surface area is 123 Å². The number of amides is 1. The van der Waals surface area contributed by atoms with Gasteiger partial charge in [0, 0.05) is 24.8 Å². The third kappa shape index (κ3) is 4.26. The Balaban J connectivity index is 3.08. The Morgan fingerprint density at radius 3 is 2.50 bits per heavy atom. The van der Waals surface area contributed by atoms with E-state index in [0.717, 1.165) is 42.7 Å². The van der Waals surface area contributed by atoms with E-state index in [4.69, 9.17) is 0 Å². The standard InChI is InChI=1S/C17H28N2O/c1-6-10-18-16-9-8-14(5)12-15(16)17(20)19(11-7-2)13(3)4/h8-9,12-13,18H,6-7,10-11H2,1-5H3. The lowest BCUT2D eigenvalue weighted by Gasteiger charge is -2.27. The van der Waals surface area contributed by atoms with E-state index >= 15 is 0 Å². The minimum absolute atomic E-state index is 0.129. The van der Waals surface area contributed by atoms with Crippen molar-refractivity contribution >= 4 is 11.6 Å². The van der Waals surface area contributed by atoms with Gasteiger partial charge < -0.3 is 10.2 Å². The Kier molecular flexibility index (Phi) is 6.56. The van der Waals surface area contributed by atoms with Gasteiger partial charge in [-0.1, -0.05) is 25.5 Å². The van der Waals surface area contributed by atoms with E-state index in [1.165, 1.54) is 0 Å². The average molecular weight is 276 g/mol. The molecule has 0 unspecified atom stereocenters. The van der Waals surface area contributed by atoms with Gasteiger partial charge in [0.05, 0.1) is 5.56 Å². The summed E-state index contributed by atoms with van der Waals surface area (Å²) in [5, 5.41) is 3.36. The van der Waals surface area contributed by atoms with Crippen LogP contribution in [0.3, 0.4) is 0 Å². The Morgan fingerprint density at radius 1 is 1.25 bits per heavy atom. The number of hydrogen-bond donors (Lipinski definition) is 1. The van der Waals surface area contributed by atoms with Gasteiger partial charge in [-0.3, -0.25) is 4.79 Å². The van der Waals surface area contributed by atoms with Gasteiger partial charge in [0.2, 0.25) is 0 Å². The minimum Gasteiger partial charge on any atom is -0.384 e. The average Bonchev–Trinajstić information content (AvgIpc) is 2.42. The first kappa shape index (κ1) is 16.5. The molecule has 3 heteroatoms. The summed E-state index contributed by atoms with van der Waals surface area (Å²) < 4.78 is 0. The van der Waals surface area contributed by atoms with Crippen LogP contribution in [0.2, 0.25) is 0 Å². The number of hydrogen-bond acceptors (Lipinski definition) is 2. The van der Waals surface area contributed by atoms with E-state index in [0.29, 0.717) is 0 Å². The first-order valence-electron chi connectivity index (χ1n) is 7.66. The number of benzene rings is 1. The summed E-state index contributed by atoms with van der Waals surface area (Å²) in [6, 6.07) is 6.28. The summed E-state index contributed by atoms with van der Waals surface area (Å²) in [5.41, 5.74) is 2.86. The molecule has 0 spiro atoms. The van der Waals surface area contributed by atoms with Gasteiger partial charge >= 0.3 is 0 Å². The largest absolute Gasteiger partial charge is 0.384 e. The fourth-order valence-electron chi connectivity index (χ4n) is 2.24. The van der Waals surface area contributed by atoms with Crippen LogP contribution in [-0.2, 0) is 0 Å². The Morgan fingerprint density at radius 2 is 1.95 bits per heavy atom. The van der Waals surface area contributed by atoms with E-state index in [2.05, 4.69) is 33.0 Å². The summed E-state index contributed by atoms with van der Waals surface area (Å²) >= 11 is 0.